The second-order valence-corrected chi connectivity index (χ2v) is 4.15. The van der Waals surface area contributed by atoms with Crippen molar-refractivity contribution in [3.63, 3.8) is 0 Å². The molecule has 0 radical (unpaired) electrons. The number of nitriles is 1. The number of ether oxygens (including phenoxy) is 2. The van der Waals surface area contributed by atoms with Crippen LogP contribution in [0, 0.1) is 11.3 Å². The van der Waals surface area contributed by atoms with E-state index in [1.807, 2.05) is 6.07 Å². The summed E-state index contributed by atoms with van der Waals surface area (Å²) in [6.45, 7) is 1.22. The molecule has 1 rings (SSSR count). The first kappa shape index (κ1) is 15.8. The Morgan fingerprint density at radius 1 is 1.40 bits per heavy atom. The van der Waals surface area contributed by atoms with Gasteiger partial charge in [0.2, 0.25) is 0 Å². The Bertz CT molecular complexity index is 497. The first-order chi connectivity index (χ1) is 9.63. The van der Waals surface area contributed by atoms with Gasteiger partial charge < -0.3 is 20.1 Å². The molecule has 2 N–H and O–H groups in total. The molecule has 0 atom stereocenters. The standard InChI is InChI=1S/C14H19N3O3/c1-19-9-8-17(7-3-6-15)14(18)11-4-5-12(16)13(10-11)20-2/h4-5,10H,3,7-9,16H2,1-2H3. The summed E-state index contributed by atoms with van der Waals surface area (Å²) < 4.78 is 10.1. The van der Waals surface area contributed by atoms with Crippen LogP contribution in [0.1, 0.15) is 16.8 Å². The zero-order chi connectivity index (χ0) is 15.0. The van der Waals surface area contributed by atoms with Crippen molar-refractivity contribution < 1.29 is 14.3 Å². The van der Waals surface area contributed by atoms with Crippen molar-refractivity contribution in [2.75, 3.05) is 39.6 Å². The molecular weight excluding hydrogens is 258 g/mol. The van der Waals surface area contributed by atoms with Crippen molar-refractivity contribution in [1.29, 1.82) is 5.26 Å². The van der Waals surface area contributed by atoms with Crippen molar-refractivity contribution in [3.8, 4) is 11.8 Å². The van der Waals surface area contributed by atoms with Crippen molar-refractivity contribution in [2.24, 2.45) is 0 Å². The largest absolute Gasteiger partial charge is 0.495 e. The van der Waals surface area contributed by atoms with Gasteiger partial charge in [0.1, 0.15) is 5.75 Å². The lowest BCUT2D eigenvalue weighted by Gasteiger charge is -2.21. The third kappa shape index (κ3) is 4.14. The maximum absolute atomic E-state index is 12.4. The number of amides is 1. The van der Waals surface area contributed by atoms with Gasteiger partial charge in [-0.3, -0.25) is 4.79 Å². The third-order valence-electron chi connectivity index (χ3n) is 2.83. The monoisotopic (exact) mass is 277 g/mol. The normalized spacial score (nSPS) is 9.85. The molecule has 0 saturated carbocycles. The van der Waals surface area contributed by atoms with Crippen LogP contribution in [0.25, 0.3) is 0 Å². The summed E-state index contributed by atoms with van der Waals surface area (Å²) in [5.74, 6) is 0.290. The molecule has 0 unspecified atom stereocenters. The molecule has 0 aliphatic carbocycles. The molecule has 108 valence electrons. The number of benzene rings is 1. The average molecular weight is 277 g/mol. The Hall–Kier alpha value is -2.26. The summed E-state index contributed by atoms with van der Waals surface area (Å²) >= 11 is 0. The molecule has 0 aliphatic rings. The molecule has 0 spiro atoms. The lowest BCUT2D eigenvalue weighted by molar-refractivity contribution is 0.0699. The average Bonchev–Trinajstić information content (AvgIpc) is 2.47. The lowest BCUT2D eigenvalue weighted by atomic mass is 10.1. The van der Waals surface area contributed by atoms with E-state index >= 15 is 0 Å². The van der Waals surface area contributed by atoms with Crippen LogP contribution in [0.3, 0.4) is 0 Å². The summed E-state index contributed by atoms with van der Waals surface area (Å²) in [5.41, 5.74) is 6.68. The van der Waals surface area contributed by atoms with Gasteiger partial charge in [0.05, 0.1) is 31.9 Å². The molecular formula is C14H19N3O3. The summed E-state index contributed by atoms with van der Waals surface area (Å²) in [6.07, 6.45) is 0.279. The van der Waals surface area contributed by atoms with Gasteiger partial charge in [0.15, 0.2) is 0 Å². The van der Waals surface area contributed by atoms with Crippen LogP contribution in [0.5, 0.6) is 5.75 Å². The quantitative estimate of drug-likeness (QED) is 0.758. The number of nitrogens with two attached hydrogens (primary N) is 1. The van der Waals surface area contributed by atoms with Crippen LogP contribution in [0.15, 0.2) is 18.2 Å². The van der Waals surface area contributed by atoms with Crippen LogP contribution in [0.2, 0.25) is 0 Å². The molecule has 0 heterocycles. The van der Waals surface area contributed by atoms with Crippen LogP contribution >= 0.6 is 0 Å². The molecule has 1 amide bonds. The van der Waals surface area contributed by atoms with E-state index in [0.29, 0.717) is 36.7 Å². The number of hydrogen-bond acceptors (Lipinski definition) is 5. The van der Waals surface area contributed by atoms with Gasteiger partial charge in [0.25, 0.3) is 5.91 Å². The fourth-order valence-electron chi connectivity index (χ4n) is 1.73. The highest BCUT2D eigenvalue weighted by Gasteiger charge is 2.16. The molecule has 0 bridgehead atoms. The van der Waals surface area contributed by atoms with Crippen LogP contribution < -0.4 is 10.5 Å². The van der Waals surface area contributed by atoms with Gasteiger partial charge in [-0.05, 0) is 18.2 Å². The predicted octanol–water partition coefficient (Wildman–Crippen LogP) is 1.28. The Morgan fingerprint density at radius 3 is 2.75 bits per heavy atom. The summed E-state index contributed by atoms with van der Waals surface area (Å²) in [4.78, 5) is 14.0. The topological polar surface area (TPSA) is 88.6 Å². The molecule has 20 heavy (non-hydrogen) atoms. The van der Waals surface area contributed by atoms with Crippen LogP contribution in [-0.4, -0.2) is 44.7 Å². The van der Waals surface area contributed by atoms with Gasteiger partial charge in [-0.1, -0.05) is 0 Å². The molecule has 0 saturated heterocycles. The Kier molecular flexibility index (Phi) is 6.33. The second kappa shape index (κ2) is 8.02. The van der Waals surface area contributed by atoms with Crippen LogP contribution in [-0.2, 0) is 4.74 Å². The number of methoxy groups -OCH3 is 2. The molecule has 0 aliphatic heterocycles. The highest BCUT2D eigenvalue weighted by atomic mass is 16.5. The first-order valence-corrected chi connectivity index (χ1v) is 6.22. The van der Waals surface area contributed by atoms with Crippen molar-refractivity contribution >= 4 is 11.6 Å². The van der Waals surface area contributed by atoms with Gasteiger partial charge in [-0.2, -0.15) is 5.26 Å². The minimum atomic E-state index is -0.171. The fraction of sp³-hybridized carbons (Fsp3) is 0.429. The zero-order valence-corrected chi connectivity index (χ0v) is 11.8. The molecule has 6 heteroatoms. The molecule has 0 fully saturated rings. The van der Waals surface area contributed by atoms with E-state index in [1.54, 1.807) is 30.2 Å². The Labute approximate surface area is 118 Å². The number of nitrogen functional groups attached to an aromatic ring is 1. The summed E-state index contributed by atoms with van der Waals surface area (Å²) in [6, 6.07) is 6.91. The molecule has 1 aromatic carbocycles. The van der Waals surface area contributed by atoms with Gasteiger partial charge in [0, 0.05) is 25.8 Å². The Balaban J connectivity index is 2.90. The number of rotatable bonds is 7. The summed E-state index contributed by atoms with van der Waals surface area (Å²) in [5, 5.41) is 8.66. The van der Waals surface area contributed by atoms with Crippen LogP contribution in [0.4, 0.5) is 5.69 Å². The van der Waals surface area contributed by atoms with Gasteiger partial charge in [-0.15, -0.1) is 0 Å². The van der Waals surface area contributed by atoms with E-state index in [2.05, 4.69) is 0 Å². The second-order valence-electron chi connectivity index (χ2n) is 4.15. The van der Waals surface area contributed by atoms with Gasteiger partial charge in [-0.25, -0.2) is 0 Å². The fourth-order valence-corrected chi connectivity index (χ4v) is 1.73. The molecule has 1 aromatic rings. The maximum atomic E-state index is 12.4. The summed E-state index contributed by atoms with van der Waals surface area (Å²) in [7, 11) is 3.07. The molecule has 0 aromatic heterocycles. The number of carbonyl (C=O) groups excluding carboxylic acids is 1. The van der Waals surface area contributed by atoms with Crippen molar-refractivity contribution in [1.82, 2.24) is 4.90 Å². The SMILES string of the molecule is COCCN(CCC#N)C(=O)c1ccc(N)c(OC)c1. The maximum Gasteiger partial charge on any atom is 0.254 e. The van der Waals surface area contributed by atoms with E-state index in [1.165, 1.54) is 7.11 Å². The number of nitrogens with zero attached hydrogens (tertiary/aromatic N) is 2. The van der Waals surface area contributed by atoms with Crippen molar-refractivity contribution in [2.45, 2.75) is 6.42 Å². The molecule has 6 nitrogen and oxygen atoms in total. The van der Waals surface area contributed by atoms with E-state index in [4.69, 9.17) is 20.5 Å². The van der Waals surface area contributed by atoms with E-state index in [9.17, 15) is 4.79 Å². The van der Waals surface area contributed by atoms with E-state index in [-0.39, 0.29) is 12.3 Å². The van der Waals surface area contributed by atoms with Crippen molar-refractivity contribution in [3.05, 3.63) is 23.8 Å². The smallest absolute Gasteiger partial charge is 0.254 e. The number of hydrogen-bond donors (Lipinski definition) is 1. The minimum Gasteiger partial charge on any atom is -0.495 e. The predicted molar refractivity (Wildman–Crippen MR) is 75.4 cm³/mol. The first-order valence-electron chi connectivity index (χ1n) is 6.22. The Morgan fingerprint density at radius 2 is 2.15 bits per heavy atom. The third-order valence-corrected chi connectivity index (χ3v) is 2.83. The van der Waals surface area contributed by atoms with E-state index < -0.39 is 0 Å². The lowest BCUT2D eigenvalue weighted by Crippen LogP contribution is -2.34. The number of anilines is 1. The minimum absolute atomic E-state index is 0.171. The van der Waals surface area contributed by atoms with E-state index in [0.717, 1.165) is 0 Å². The highest BCUT2D eigenvalue weighted by molar-refractivity contribution is 5.95. The number of carbonyl (C=O) groups is 1. The van der Waals surface area contributed by atoms with Gasteiger partial charge >= 0.3 is 0 Å². The zero-order valence-electron chi connectivity index (χ0n) is 11.8. The highest BCUT2D eigenvalue weighted by Crippen LogP contribution is 2.23.